The van der Waals surface area contributed by atoms with Crippen molar-refractivity contribution in [1.29, 1.82) is 0 Å². The van der Waals surface area contributed by atoms with E-state index in [1.54, 1.807) is 0 Å². The molecule has 0 radical (unpaired) electrons. The Labute approximate surface area is 91.6 Å². The zero-order valence-electron chi connectivity index (χ0n) is 9.49. The third-order valence-corrected chi connectivity index (χ3v) is 3.00. The van der Waals surface area contributed by atoms with Gasteiger partial charge in [-0.15, -0.1) is 0 Å². The highest BCUT2D eigenvalue weighted by molar-refractivity contribution is 5.24. The quantitative estimate of drug-likeness (QED) is 0.800. The molecule has 0 aliphatic carbocycles. The van der Waals surface area contributed by atoms with E-state index in [1.807, 2.05) is 0 Å². The Morgan fingerprint density at radius 3 is 2.93 bits per heavy atom. The second-order valence-corrected chi connectivity index (χ2v) is 4.25. The number of rotatable bonds is 2. The first-order valence-corrected chi connectivity index (χ1v) is 5.71. The fraction of sp³-hybridized carbons (Fsp3) is 0.538. The highest BCUT2D eigenvalue weighted by atomic mass is 16.5. The van der Waals surface area contributed by atoms with E-state index in [4.69, 9.17) is 4.74 Å². The van der Waals surface area contributed by atoms with E-state index in [9.17, 15) is 0 Å². The van der Waals surface area contributed by atoms with Gasteiger partial charge in [0.25, 0.3) is 0 Å². The lowest BCUT2D eigenvalue weighted by Gasteiger charge is -2.30. The van der Waals surface area contributed by atoms with Crippen LogP contribution >= 0.6 is 0 Å². The van der Waals surface area contributed by atoms with Crippen LogP contribution in [0.1, 0.15) is 30.6 Å². The predicted octanol–water partition coefficient (Wildman–Crippen LogP) is 2.43. The number of aryl methyl sites for hydroxylation is 1. The number of nitrogens with one attached hydrogen (secondary N) is 1. The summed E-state index contributed by atoms with van der Waals surface area (Å²) in [7, 11) is 0. The molecule has 0 spiro atoms. The van der Waals surface area contributed by atoms with Crippen molar-refractivity contribution in [2.75, 3.05) is 13.2 Å². The summed E-state index contributed by atoms with van der Waals surface area (Å²) in [5, 5.41) is 3.51. The zero-order valence-corrected chi connectivity index (χ0v) is 9.49. The van der Waals surface area contributed by atoms with Gasteiger partial charge in [0, 0.05) is 12.6 Å². The first kappa shape index (κ1) is 10.7. The molecule has 1 aromatic carbocycles. The zero-order chi connectivity index (χ0) is 10.7. The van der Waals surface area contributed by atoms with Crippen LogP contribution in [0.15, 0.2) is 24.3 Å². The Kier molecular flexibility index (Phi) is 3.39. The molecule has 15 heavy (non-hydrogen) atoms. The summed E-state index contributed by atoms with van der Waals surface area (Å²) in [4.78, 5) is 0. The fourth-order valence-electron chi connectivity index (χ4n) is 1.97. The van der Waals surface area contributed by atoms with Gasteiger partial charge in [-0.05, 0) is 18.9 Å². The maximum atomic E-state index is 5.86. The van der Waals surface area contributed by atoms with Gasteiger partial charge in [-0.2, -0.15) is 0 Å². The first-order chi connectivity index (χ1) is 7.29. The van der Waals surface area contributed by atoms with Crippen molar-refractivity contribution in [3.63, 3.8) is 0 Å². The molecule has 1 aromatic rings. The third kappa shape index (κ3) is 2.58. The van der Waals surface area contributed by atoms with Gasteiger partial charge < -0.3 is 10.1 Å². The lowest BCUT2D eigenvalue weighted by atomic mass is 10.0. The summed E-state index contributed by atoms with van der Waals surface area (Å²) >= 11 is 0. The molecule has 0 bridgehead atoms. The Morgan fingerprint density at radius 1 is 1.47 bits per heavy atom. The van der Waals surface area contributed by atoms with E-state index in [-0.39, 0.29) is 6.10 Å². The van der Waals surface area contributed by atoms with Crippen molar-refractivity contribution in [2.24, 2.45) is 0 Å². The highest BCUT2D eigenvalue weighted by Crippen LogP contribution is 2.21. The molecule has 2 atom stereocenters. The average molecular weight is 205 g/mol. The SMILES string of the molecule is CCC1COC(c2cccc(C)c2)CN1. The van der Waals surface area contributed by atoms with E-state index in [1.165, 1.54) is 11.1 Å². The normalized spacial score (nSPS) is 26.5. The summed E-state index contributed by atoms with van der Waals surface area (Å²) in [5.41, 5.74) is 2.59. The van der Waals surface area contributed by atoms with Crippen LogP contribution in [-0.4, -0.2) is 19.2 Å². The largest absolute Gasteiger partial charge is 0.371 e. The lowest BCUT2D eigenvalue weighted by molar-refractivity contribution is 0.00220. The number of ether oxygens (including phenoxy) is 1. The van der Waals surface area contributed by atoms with Crippen LogP contribution < -0.4 is 5.32 Å². The molecule has 1 aliphatic heterocycles. The number of benzene rings is 1. The van der Waals surface area contributed by atoms with Crippen molar-refractivity contribution >= 4 is 0 Å². The molecule has 1 saturated heterocycles. The van der Waals surface area contributed by atoms with Gasteiger partial charge in [-0.1, -0.05) is 36.8 Å². The lowest BCUT2D eigenvalue weighted by Crippen LogP contribution is -2.42. The summed E-state index contributed by atoms with van der Waals surface area (Å²) < 4.78 is 5.86. The topological polar surface area (TPSA) is 21.3 Å². The first-order valence-electron chi connectivity index (χ1n) is 5.71. The van der Waals surface area contributed by atoms with Crippen molar-refractivity contribution in [2.45, 2.75) is 32.4 Å². The molecule has 0 aromatic heterocycles. The Hall–Kier alpha value is -0.860. The van der Waals surface area contributed by atoms with Gasteiger partial charge in [0.15, 0.2) is 0 Å². The minimum Gasteiger partial charge on any atom is -0.371 e. The number of morpholine rings is 1. The van der Waals surface area contributed by atoms with E-state index >= 15 is 0 Å². The Morgan fingerprint density at radius 2 is 2.33 bits per heavy atom. The van der Waals surface area contributed by atoms with Crippen molar-refractivity contribution in [1.82, 2.24) is 5.32 Å². The van der Waals surface area contributed by atoms with Crippen molar-refractivity contribution in [3.8, 4) is 0 Å². The molecule has 2 heteroatoms. The van der Waals surface area contributed by atoms with Crippen LogP contribution in [0.3, 0.4) is 0 Å². The van der Waals surface area contributed by atoms with Crippen LogP contribution in [0.2, 0.25) is 0 Å². The minimum absolute atomic E-state index is 0.229. The predicted molar refractivity (Wildman–Crippen MR) is 62.0 cm³/mol. The maximum Gasteiger partial charge on any atom is 0.0950 e. The molecule has 82 valence electrons. The number of hydrogen-bond acceptors (Lipinski definition) is 2. The second kappa shape index (κ2) is 4.77. The van der Waals surface area contributed by atoms with Crippen LogP contribution in [-0.2, 0) is 4.74 Å². The molecule has 0 amide bonds. The molecular weight excluding hydrogens is 186 g/mol. The summed E-state index contributed by atoms with van der Waals surface area (Å²) in [6, 6.07) is 9.10. The Balaban J connectivity index is 2.01. The van der Waals surface area contributed by atoms with Gasteiger partial charge in [0.2, 0.25) is 0 Å². The van der Waals surface area contributed by atoms with E-state index in [2.05, 4.69) is 43.4 Å². The smallest absolute Gasteiger partial charge is 0.0950 e. The maximum absolute atomic E-state index is 5.86. The van der Waals surface area contributed by atoms with Crippen LogP contribution in [0.4, 0.5) is 0 Å². The molecule has 0 saturated carbocycles. The molecule has 1 aliphatic rings. The Bertz CT molecular complexity index is 316. The van der Waals surface area contributed by atoms with Crippen LogP contribution in [0.25, 0.3) is 0 Å². The van der Waals surface area contributed by atoms with Crippen LogP contribution in [0.5, 0.6) is 0 Å². The standard InChI is InChI=1S/C13H19NO/c1-3-12-9-15-13(8-14-12)11-6-4-5-10(2)7-11/h4-7,12-14H,3,8-9H2,1-2H3. The second-order valence-electron chi connectivity index (χ2n) is 4.25. The molecule has 1 fully saturated rings. The van der Waals surface area contributed by atoms with Crippen LogP contribution in [0, 0.1) is 6.92 Å². The van der Waals surface area contributed by atoms with E-state index in [0.717, 1.165) is 19.6 Å². The van der Waals surface area contributed by atoms with Gasteiger partial charge in [0.1, 0.15) is 0 Å². The van der Waals surface area contributed by atoms with Crippen molar-refractivity contribution in [3.05, 3.63) is 35.4 Å². The van der Waals surface area contributed by atoms with Gasteiger partial charge >= 0.3 is 0 Å². The molecule has 1 heterocycles. The fourth-order valence-corrected chi connectivity index (χ4v) is 1.97. The molecule has 2 rings (SSSR count). The van der Waals surface area contributed by atoms with E-state index in [0.29, 0.717) is 6.04 Å². The van der Waals surface area contributed by atoms with Gasteiger partial charge in [-0.25, -0.2) is 0 Å². The molecule has 2 unspecified atom stereocenters. The van der Waals surface area contributed by atoms with Gasteiger partial charge in [-0.3, -0.25) is 0 Å². The number of hydrogen-bond donors (Lipinski definition) is 1. The van der Waals surface area contributed by atoms with Gasteiger partial charge in [0.05, 0.1) is 12.7 Å². The monoisotopic (exact) mass is 205 g/mol. The molecule has 1 N–H and O–H groups in total. The summed E-state index contributed by atoms with van der Waals surface area (Å²) in [6.45, 7) is 6.07. The third-order valence-electron chi connectivity index (χ3n) is 3.00. The van der Waals surface area contributed by atoms with Crippen molar-refractivity contribution < 1.29 is 4.74 Å². The summed E-state index contributed by atoms with van der Waals surface area (Å²) in [5.74, 6) is 0. The molecular formula is C13H19NO. The average Bonchev–Trinajstić information content (AvgIpc) is 2.29. The summed E-state index contributed by atoms with van der Waals surface area (Å²) in [6.07, 6.45) is 1.37. The van der Waals surface area contributed by atoms with E-state index < -0.39 is 0 Å². The minimum atomic E-state index is 0.229. The highest BCUT2D eigenvalue weighted by Gasteiger charge is 2.20. The molecule has 2 nitrogen and oxygen atoms in total.